The van der Waals surface area contributed by atoms with Crippen molar-refractivity contribution in [1.29, 1.82) is 0 Å². The molecule has 0 saturated carbocycles. The minimum atomic E-state index is -4.51. The maximum absolute atomic E-state index is 11.6. The fourth-order valence-electron chi connectivity index (χ4n) is 2.23. The molecule has 0 heterocycles. The molecule has 1 aromatic carbocycles. The van der Waals surface area contributed by atoms with Crippen LogP contribution in [-0.2, 0) is 10.1 Å². The highest BCUT2D eigenvalue weighted by atomic mass is 32.2. The first-order valence-electron chi connectivity index (χ1n) is 6.15. The Labute approximate surface area is 119 Å². The van der Waals surface area contributed by atoms with Gasteiger partial charge in [-0.25, -0.2) is 0 Å². The average Bonchev–Trinajstić information content (AvgIpc) is 2.35. The monoisotopic (exact) mass is 304 g/mol. The van der Waals surface area contributed by atoms with Crippen molar-refractivity contribution in [3.63, 3.8) is 0 Å². The lowest BCUT2D eigenvalue weighted by atomic mass is 9.94. The zero-order chi connectivity index (χ0) is 15.7. The third-order valence-corrected chi connectivity index (χ3v) is 4.38. The molecule has 1 aromatic rings. The Kier molecular flexibility index (Phi) is 4.88. The van der Waals surface area contributed by atoms with E-state index in [1.165, 1.54) is 21.1 Å². The van der Waals surface area contributed by atoms with Crippen molar-refractivity contribution in [2.45, 2.75) is 38.0 Å². The van der Waals surface area contributed by atoms with E-state index in [0.717, 1.165) is 0 Å². The maximum Gasteiger partial charge on any atom is 0.298 e. The summed E-state index contributed by atoms with van der Waals surface area (Å²) >= 11 is 0. The summed E-state index contributed by atoms with van der Waals surface area (Å²) in [5, 5.41) is 10.3. The molecule has 0 aliphatic heterocycles. The molecule has 114 valence electrons. The SMILES string of the molecule is CCC(C)c1c(O)c(OC)c(C)c(S(=O)(=O)O)c1OC. The quantitative estimate of drug-likeness (QED) is 0.812. The second-order valence-electron chi connectivity index (χ2n) is 4.57. The lowest BCUT2D eigenvalue weighted by Crippen LogP contribution is -2.10. The number of aromatic hydroxyl groups is 1. The summed E-state index contributed by atoms with van der Waals surface area (Å²) < 4.78 is 42.9. The number of phenols is 1. The van der Waals surface area contributed by atoms with Gasteiger partial charge in [-0.2, -0.15) is 8.42 Å². The molecule has 0 aromatic heterocycles. The zero-order valence-electron chi connectivity index (χ0n) is 12.2. The fourth-order valence-corrected chi connectivity index (χ4v) is 3.13. The summed E-state index contributed by atoms with van der Waals surface area (Å²) in [4.78, 5) is -0.370. The predicted molar refractivity (Wildman–Crippen MR) is 74.5 cm³/mol. The Hall–Kier alpha value is -1.47. The van der Waals surface area contributed by atoms with Crippen LogP contribution in [0.2, 0.25) is 0 Å². The van der Waals surface area contributed by atoms with Crippen molar-refractivity contribution in [2.75, 3.05) is 14.2 Å². The first kappa shape index (κ1) is 16.6. The summed E-state index contributed by atoms with van der Waals surface area (Å²) in [6.45, 7) is 5.15. The molecule has 0 radical (unpaired) electrons. The second-order valence-corrected chi connectivity index (χ2v) is 5.93. The average molecular weight is 304 g/mol. The second kappa shape index (κ2) is 5.88. The van der Waals surface area contributed by atoms with Gasteiger partial charge in [-0.1, -0.05) is 13.8 Å². The smallest absolute Gasteiger partial charge is 0.298 e. The Bertz CT molecular complexity index is 606. The molecule has 1 rings (SSSR count). The summed E-state index contributed by atoms with van der Waals surface area (Å²) in [6.07, 6.45) is 0.654. The molecule has 0 bridgehead atoms. The number of methoxy groups -OCH3 is 2. The van der Waals surface area contributed by atoms with E-state index in [9.17, 15) is 18.1 Å². The van der Waals surface area contributed by atoms with E-state index in [0.29, 0.717) is 12.0 Å². The van der Waals surface area contributed by atoms with Crippen LogP contribution in [0.25, 0.3) is 0 Å². The molecule has 0 saturated heterocycles. The molecule has 0 amide bonds. The Morgan fingerprint density at radius 1 is 1.20 bits per heavy atom. The molecule has 0 aliphatic rings. The van der Waals surface area contributed by atoms with E-state index in [-0.39, 0.29) is 33.6 Å². The minimum absolute atomic E-state index is 0.0220. The molecule has 0 spiro atoms. The highest BCUT2D eigenvalue weighted by Gasteiger charge is 2.31. The summed E-state index contributed by atoms with van der Waals surface area (Å²) in [5.74, 6) is -0.352. The predicted octanol–water partition coefficient (Wildman–Crippen LogP) is 2.48. The molecule has 1 atom stereocenters. The molecule has 20 heavy (non-hydrogen) atoms. The molecule has 7 heteroatoms. The van der Waals surface area contributed by atoms with Crippen LogP contribution in [0.5, 0.6) is 17.2 Å². The van der Waals surface area contributed by atoms with Gasteiger partial charge in [0, 0.05) is 11.1 Å². The van der Waals surface area contributed by atoms with Crippen molar-refractivity contribution in [2.24, 2.45) is 0 Å². The van der Waals surface area contributed by atoms with E-state index < -0.39 is 10.1 Å². The van der Waals surface area contributed by atoms with Gasteiger partial charge in [0.25, 0.3) is 10.1 Å². The number of rotatable bonds is 5. The highest BCUT2D eigenvalue weighted by Crippen LogP contribution is 2.48. The summed E-state index contributed by atoms with van der Waals surface area (Å²) in [5.41, 5.74) is 0.418. The first-order chi connectivity index (χ1) is 9.20. The Morgan fingerprint density at radius 2 is 1.70 bits per heavy atom. The fraction of sp³-hybridized carbons (Fsp3) is 0.538. The van der Waals surface area contributed by atoms with Gasteiger partial charge >= 0.3 is 0 Å². The van der Waals surface area contributed by atoms with Crippen LogP contribution >= 0.6 is 0 Å². The van der Waals surface area contributed by atoms with Crippen LogP contribution in [0, 0.1) is 6.92 Å². The van der Waals surface area contributed by atoms with E-state index >= 15 is 0 Å². The van der Waals surface area contributed by atoms with Crippen molar-refractivity contribution >= 4 is 10.1 Å². The van der Waals surface area contributed by atoms with Crippen LogP contribution < -0.4 is 9.47 Å². The first-order valence-corrected chi connectivity index (χ1v) is 7.59. The topological polar surface area (TPSA) is 93.1 Å². The maximum atomic E-state index is 11.6. The number of hydrogen-bond donors (Lipinski definition) is 2. The van der Waals surface area contributed by atoms with Crippen LogP contribution in [0.3, 0.4) is 0 Å². The van der Waals surface area contributed by atoms with Gasteiger partial charge < -0.3 is 14.6 Å². The molecule has 0 aliphatic carbocycles. The van der Waals surface area contributed by atoms with Gasteiger partial charge in [-0.15, -0.1) is 0 Å². The van der Waals surface area contributed by atoms with E-state index in [4.69, 9.17) is 9.47 Å². The summed E-state index contributed by atoms with van der Waals surface area (Å²) in [7, 11) is -1.89. The van der Waals surface area contributed by atoms with Crippen LogP contribution in [-0.4, -0.2) is 32.3 Å². The molecule has 1 unspecified atom stereocenters. The lowest BCUT2D eigenvalue weighted by molar-refractivity contribution is 0.345. The van der Waals surface area contributed by atoms with E-state index in [1.54, 1.807) is 0 Å². The molecular formula is C13H20O6S. The van der Waals surface area contributed by atoms with Crippen molar-refractivity contribution < 1.29 is 27.6 Å². The van der Waals surface area contributed by atoms with Crippen LogP contribution in [0.4, 0.5) is 0 Å². The standard InChI is InChI=1S/C13H20O6S/c1-6-7(2)9-10(14)11(18-4)8(3)13(12(9)19-5)20(15,16)17/h7,14H,6H2,1-5H3,(H,15,16,17). The van der Waals surface area contributed by atoms with Crippen LogP contribution in [0.15, 0.2) is 4.90 Å². The molecular weight excluding hydrogens is 284 g/mol. The van der Waals surface area contributed by atoms with Crippen molar-refractivity contribution in [1.82, 2.24) is 0 Å². The number of benzene rings is 1. The largest absolute Gasteiger partial charge is 0.504 e. The van der Waals surface area contributed by atoms with Gasteiger partial charge in [-0.05, 0) is 19.3 Å². The lowest BCUT2D eigenvalue weighted by Gasteiger charge is -2.22. The van der Waals surface area contributed by atoms with Crippen molar-refractivity contribution in [3.8, 4) is 17.2 Å². The van der Waals surface area contributed by atoms with E-state index in [1.807, 2.05) is 13.8 Å². The zero-order valence-corrected chi connectivity index (χ0v) is 13.0. The Morgan fingerprint density at radius 3 is 2.05 bits per heavy atom. The highest BCUT2D eigenvalue weighted by molar-refractivity contribution is 7.86. The third-order valence-electron chi connectivity index (χ3n) is 3.37. The molecule has 6 nitrogen and oxygen atoms in total. The summed E-state index contributed by atoms with van der Waals surface area (Å²) in [6, 6.07) is 0. The van der Waals surface area contributed by atoms with Gasteiger partial charge in [0.2, 0.25) is 0 Å². The van der Waals surface area contributed by atoms with Crippen LogP contribution in [0.1, 0.15) is 37.3 Å². The third kappa shape index (κ3) is 2.69. The van der Waals surface area contributed by atoms with Gasteiger partial charge in [-0.3, -0.25) is 4.55 Å². The van der Waals surface area contributed by atoms with Crippen molar-refractivity contribution in [3.05, 3.63) is 11.1 Å². The van der Waals surface area contributed by atoms with E-state index in [2.05, 4.69) is 0 Å². The number of phenolic OH excluding ortho intramolecular Hbond substituents is 1. The normalized spacial score (nSPS) is 13.1. The molecule has 0 fully saturated rings. The molecule has 2 N–H and O–H groups in total. The number of ether oxygens (including phenoxy) is 2. The minimum Gasteiger partial charge on any atom is -0.504 e. The number of hydrogen-bond acceptors (Lipinski definition) is 5. The van der Waals surface area contributed by atoms with Gasteiger partial charge in [0.05, 0.1) is 14.2 Å². The Balaban J connectivity index is 3.95. The van der Waals surface area contributed by atoms with Gasteiger partial charge in [0.1, 0.15) is 10.6 Å². The van der Waals surface area contributed by atoms with Gasteiger partial charge in [0.15, 0.2) is 11.5 Å².